The monoisotopic (exact) mass is 265 g/mol. The quantitative estimate of drug-likeness (QED) is 0.902. The van der Waals surface area contributed by atoms with Crippen LogP contribution in [0.4, 0.5) is 14.7 Å². The molecule has 2 aromatic rings. The summed E-state index contributed by atoms with van der Waals surface area (Å²) in [5, 5.41) is 7.05. The zero-order chi connectivity index (χ0) is 13.2. The number of rotatable bonds is 2. The lowest BCUT2D eigenvalue weighted by Gasteiger charge is -2.25. The average Bonchev–Trinajstić information content (AvgIpc) is 2.92. The van der Waals surface area contributed by atoms with E-state index >= 15 is 0 Å². The number of piperazine rings is 1. The van der Waals surface area contributed by atoms with Gasteiger partial charge in [-0.15, -0.1) is 0 Å². The van der Waals surface area contributed by atoms with Crippen LogP contribution >= 0.6 is 0 Å². The number of anilines is 1. The summed E-state index contributed by atoms with van der Waals surface area (Å²) >= 11 is 0. The van der Waals surface area contributed by atoms with Crippen LogP contribution in [0, 0.1) is 11.6 Å². The van der Waals surface area contributed by atoms with Gasteiger partial charge in [-0.25, -0.2) is 8.78 Å². The molecule has 1 fully saturated rings. The summed E-state index contributed by atoms with van der Waals surface area (Å²) in [6, 6.07) is 4.93. The van der Waals surface area contributed by atoms with Gasteiger partial charge in [-0.2, -0.15) is 0 Å². The first-order valence-electron chi connectivity index (χ1n) is 6.12. The first-order chi connectivity index (χ1) is 9.24. The highest BCUT2D eigenvalue weighted by Crippen LogP contribution is 2.27. The molecule has 0 spiro atoms. The third-order valence-corrected chi connectivity index (χ3v) is 3.13. The van der Waals surface area contributed by atoms with Gasteiger partial charge in [0.05, 0.1) is 0 Å². The number of halogens is 2. The van der Waals surface area contributed by atoms with E-state index in [2.05, 4.69) is 10.5 Å². The molecule has 1 aromatic heterocycles. The van der Waals surface area contributed by atoms with Gasteiger partial charge in [-0.1, -0.05) is 5.16 Å². The van der Waals surface area contributed by atoms with E-state index in [0.29, 0.717) is 11.6 Å². The SMILES string of the molecule is Fc1ccc(F)c(-c2cc(N3CCNCC3)on2)c1. The molecule has 0 amide bonds. The highest BCUT2D eigenvalue weighted by atomic mass is 19.1. The van der Waals surface area contributed by atoms with Gasteiger partial charge >= 0.3 is 0 Å². The van der Waals surface area contributed by atoms with Gasteiger partial charge in [0, 0.05) is 37.8 Å². The Kier molecular flexibility index (Phi) is 3.16. The van der Waals surface area contributed by atoms with Crippen LogP contribution < -0.4 is 10.2 Å². The fraction of sp³-hybridized carbons (Fsp3) is 0.308. The van der Waals surface area contributed by atoms with Gasteiger partial charge in [-0.3, -0.25) is 0 Å². The van der Waals surface area contributed by atoms with Crippen molar-refractivity contribution < 1.29 is 13.3 Å². The van der Waals surface area contributed by atoms with Gasteiger partial charge in [0.25, 0.3) is 0 Å². The standard InChI is InChI=1S/C13H13F2N3O/c14-9-1-2-11(15)10(7-9)12-8-13(19-17-12)18-5-3-16-4-6-18/h1-2,7-8,16H,3-6H2. The Morgan fingerprint density at radius 3 is 2.74 bits per heavy atom. The minimum atomic E-state index is -0.512. The summed E-state index contributed by atoms with van der Waals surface area (Å²) in [6.45, 7) is 3.34. The lowest BCUT2D eigenvalue weighted by atomic mass is 10.1. The molecule has 19 heavy (non-hydrogen) atoms. The summed E-state index contributed by atoms with van der Waals surface area (Å²) in [6.07, 6.45) is 0. The van der Waals surface area contributed by atoms with Crippen molar-refractivity contribution in [2.24, 2.45) is 0 Å². The lowest BCUT2D eigenvalue weighted by molar-refractivity contribution is 0.409. The molecule has 2 heterocycles. The average molecular weight is 265 g/mol. The van der Waals surface area contributed by atoms with Crippen LogP contribution in [0.1, 0.15) is 0 Å². The van der Waals surface area contributed by atoms with Crippen molar-refractivity contribution in [2.45, 2.75) is 0 Å². The summed E-state index contributed by atoms with van der Waals surface area (Å²) in [5.74, 6) is -0.426. The summed E-state index contributed by atoms with van der Waals surface area (Å²) in [5.41, 5.74) is 0.427. The maximum atomic E-state index is 13.6. The Morgan fingerprint density at radius 2 is 1.95 bits per heavy atom. The Balaban J connectivity index is 1.89. The Hall–Kier alpha value is -1.95. The van der Waals surface area contributed by atoms with E-state index < -0.39 is 11.6 Å². The molecule has 1 aromatic carbocycles. The minimum absolute atomic E-state index is 0.116. The number of aromatic nitrogens is 1. The second-order valence-corrected chi connectivity index (χ2v) is 4.41. The van der Waals surface area contributed by atoms with Gasteiger partial charge < -0.3 is 14.7 Å². The molecule has 100 valence electrons. The fourth-order valence-corrected chi connectivity index (χ4v) is 2.12. The molecule has 0 radical (unpaired) electrons. The van der Waals surface area contributed by atoms with Crippen molar-refractivity contribution in [3.8, 4) is 11.3 Å². The number of hydrogen-bond acceptors (Lipinski definition) is 4. The predicted octanol–water partition coefficient (Wildman–Crippen LogP) is 2.03. The summed E-state index contributed by atoms with van der Waals surface area (Å²) in [7, 11) is 0. The third-order valence-electron chi connectivity index (χ3n) is 3.13. The molecule has 0 saturated carbocycles. The van der Waals surface area contributed by atoms with Gasteiger partial charge in [-0.05, 0) is 18.2 Å². The van der Waals surface area contributed by atoms with Crippen molar-refractivity contribution in [2.75, 3.05) is 31.1 Å². The van der Waals surface area contributed by atoms with E-state index in [4.69, 9.17) is 4.52 Å². The summed E-state index contributed by atoms with van der Waals surface area (Å²) < 4.78 is 32.0. The molecule has 1 N–H and O–H groups in total. The first-order valence-corrected chi connectivity index (χ1v) is 6.12. The molecular weight excluding hydrogens is 252 g/mol. The normalized spacial score (nSPS) is 15.8. The Morgan fingerprint density at radius 1 is 1.16 bits per heavy atom. The summed E-state index contributed by atoms with van der Waals surface area (Å²) in [4.78, 5) is 2.02. The second kappa shape index (κ2) is 4.97. The number of nitrogens with one attached hydrogen (secondary N) is 1. The van der Waals surface area contributed by atoms with Crippen molar-refractivity contribution in [3.05, 3.63) is 35.9 Å². The van der Waals surface area contributed by atoms with Gasteiger partial charge in [0.15, 0.2) is 0 Å². The second-order valence-electron chi connectivity index (χ2n) is 4.41. The highest BCUT2D eigenvalue weighted by molar-refractivity contribution is 5.62. The van der Waals surface area contributed by atoms with Crippen molar-refractivity contribution in [3.63, 3.8) is 0 Å². The van der Waals surface area contributed by atoms with Crippen LogP contribution in [-0.4, -0.2) is 31.3 Å². The van der Waals surface area contributed by atoms with Crippen molar-refractivity contribution >= 4 is 5.88 Å². The van der Waals surface area contributed by atoms with E-state index in [0.717, 1.165) is 44.4 Å². The van der Waals surface area contributed by atoms with Gasteiger partial charge in [0.1, 0.15) is 17.3 Å². The van der Waals surface area contributed by atoms with Crippen molar-refractivity contribution in [1.29, 1.82) is 0 Å². The Bertz CT molecular complexity index is 579. The van der Waals surface area contributed by atoms with Crippen LogP contribution in [0.15, 0.2) is 28.8 Å². The molecule has 0 atom stereocenters. The van der Waals surface area contributed by atoms with Crippen molar-refractivity contribution in [1.82, 2.24) is 10.5 Å². The van der Waals surface area contributed by atoms with Crippen LogP contribution in [0.5, 0.6) is 0 Å². The number of benzene rings is 1. The molecule has 1 aliphatic rings. The first kappa shape index (κ1) is 12.1. The van der Waals surface area contributed by atoms with E-state index in [-0.39, 0.29) is 5.56 Å². The molecule has 0 aliphatic carbocycles. The van der Waals surface area contributed by atoms with Gasteiger partial charge in [0.2, 0.25) is 5.88 Å². The molecular formula is C13H13F2N3O. The zero-order valence-electron chi connectivity index (χ0n) is 10.2. The maximum Gasteiger partial charge on any atom is 0.227 e. The molecule has 6 heteroatoms. The van der Waals surface area contributed by atoms with Crippen LogP contribution in [0.2, 0.25) is 0 Å². The molecule has 0 bridgehead atoms. The number of hydrogen-bond donors (Lipinski definition) is 1. The highest BCUT2D eigenvalue weighted by Gasteiger charge is 2.17. The lowest BCUT2D eigenvalue weighted by Crippen LogP contribution is -2.43. The smallest absolute Gasteiger partial charge is 0.227 e. The predicted molar refractivity (Wildman–Crippen MR) is 66.9 cm³/mol. The van der Waals surface area contributed by atoms with Crippen LogP contribution in [-0.2, 0) is 0 Å². The molecule has 1 saturated heterocycles. The molecule has 1 aliphatic heterocycles. The molecule has 4 nitrogen and oxygen atoms in total. The van der Waals surface area contributed by atoms with E-state index in [1.165, 1.54) is 0 Å². The van der Waals surface area contributed by atoms with E-state index in [9.17, 15) is 8.78 Å². The Labute approximate surface area is 109 Å². The molecule has 0 unspecified atom stereocenters. The fourth-order valence-electron chi connectivity index (χ4n) is 2.12. The maximum absolute atomic E-state index is 13.6. The largest absolute Gasteiger partial charge is 0.338 e. The molecule has 3 rings (SSSR count). The zero-order valence-corrected chi connectivity index (χ0v) is 10.2. The third kappa shape index (κ3) is 2.44. The minimum Gasteiger partial charge on any atom is -0.338 e. The van der Waals surface area contributed by atoms with E-state index in [1.54, 1.807) is 6.07 Å². The van der Waals surface area contributed by atoms with Crippen LogP contribution in [0.25, 0.3) is 11.3 Å². The van der Waals surface area contributed by atoms with Crippen LogP contribution in [0.3, 0.4) is 0 Å². The van der Waals surface area contributed by atoms with E-state index in [1.807, 2.05) is 4.90 Å². The number of nitrogens with zero attached hydrogens (tertiary/aromatic N) is 2. The topological polar surface area (TPSA) is 41.3 Å².